The molecule has 0 unspecified atom stereocenters. The summed E-state index contributed by atoms with van der Waals surface area (Å²) in [4.78, 5) is 4.12. The second kappa shape index (κ2) is 2.59. The minimum Gasteiger partial charge on any atom is -0.236 e. The first-order valence-corrected chi connectivity index (χ1v) is 4.07. The van der Waals surface area contributed by atoms with Crippen LogP contribution in [0.2, 0.25) is 0 Å². The van der Waals surface area contributed by atoms with Gasteiger partial charge in [-0.15, -0.1) is 0 Å². The number of nitrogens with zero attached hydrogens (tertiary/aromatic N) is 3. The van der Waals surface area contributed by atoms with E-state index in [9.17, 15) is 0 Å². The molecule has 62 valence electrons. The van der Waals surface area contributed by atoms with Gasteiger partial charge in [-0.2, -0.15) is 5.10 Å². The number of fused-ring (bicyclic) bond motifs is 1. The molecule has 0 spiro atoms. The van der Waals surface area contributed by atoms with Crippen LogP contribution in [-0.4, -0.2) is 14.6 Å². The molecule has 0 aliphatic heterocycles. The van der Waals surface area contributed by atoms with Gasteiger partial charge in [0.2, 0.25) is 0 Å². The van der Waals surface area contributed by atoms with E-state index in [1.807, 2.05) is 18.3 Å². The Kier molecular flexibility index (Phi) is 1.57. The molecule has 0 fully saturated rings. The molecule has 0 atom stereocenters. The standard InChI is InChI=1S/C9H11N3/c1-7(2)8-3-4-9-10-5-6-12(9)11-8/h3-7H,1-2H3. The first kappa shape index (κ1) is 7.28. The van der Waals surface area contributed by atoms with Crippen molar-refractivity contribution in [1.29, 1.82) is 0 Å². The van der Waals surface area contributed by atoms with Crippen molar-refractivity contribution in [3.8, 4) is 0 Å². The molecule has 0 bridgehead atoms. The highest BCUT2D eigenvalue weighted by Gasteiger charge is 2.01. The van der Waals surface area contributed by atoms with Crippen LogP contribution in [0.3, 0.4) is 0 Å². The maximum absolute atomic E-state index is 4.39. The summed E-state index contributed by atoms with van der Waals surface area (Å²) in [6, 6.07) is 4.01. The molecule has 0 saturated heterocycles. The molecule has 3 heteroatoms. The van der Waals surface area contributed by atoms with Gasteiger partial charge in [0.1, 0.15) is 0 Å². The number of hydrogen-bond donors (Lipinski definition) is 0. The summed E-state index contributed by atoms with van der Waals surface area (Å²) in [5.74, 6) is 0.469. The Balaban J connectivity index is 2.60. The average Bonchev–Trinajstić information content (AvgIpc) is 2.49. The van der Waals surface area contributed by atoms with Gasteiger partial charge in [-0.25, -0.2) is 9.50 Å². The molecule has 12 heavy (non-hydrogen) atoms. The third kappa shape index (κ3) is 1.07. The molecular formula is C9H11N3. The fourth-order valence-electron chi connectivity index (χ4n) is 1.14. The van der Waals surface area contributed by atoms with Crippen molar-refractivity contribution in [3.63, 3.8) is 0 Å². The van der Waals surface area contributed by atoms with Crippen molar-refractivity contribution < 1.29 is 0 Å². The third-order valence-electron chi connectivity index (χ3n) is 1.87. The average molecular weight is 161 g/mol. The summed E-state index contributed by atoms with van der Waals surface area (Å²) in [5.41, 5.74) is 2.00. The summed E-state index contributed by atoms with van der Waals surface area (Å²) >= 11 is 0. The van der Waals surface area contributed by atoms with Crippen LogP contribution in [0, 0.1) is 0 Å². The molecule has 2 aromatic heterocycles. The third-order valence-corrected chi connectivity index (χ3v) is 1.87. The zero-order valence-corrected chi connectivity index (χ0v) is 7.23. The highest BCUT2D eigenvalue weighted by atomic mass is 15.2. The Morgan fingerprint density at radius 2 is 2.17 bits per heavy atom. The van der Waals surface area contributed by atoms with Crippen molar-refractivity contribution >= 4 is 5.65 Å². The van der Waals surface area contributed by atoms with Crippen LogP contribution in [-0.2, 0) is 0 Å². The van der Waals surface area contributed by atoms with Crippen molar-refractivity contribution in [1.82, 2.24) is 14.6 Å². The summed E-state index contributed by atoms with van der Waals surface area (Å²) < 4.78 is 1.80. The molecule has 0 aromatic carbocycles. The van der Waals surface area contributed by atoms with Crippen LogP contribution >= 0.6 is 0 Å². The van der Waals surface area contributed by atoms with Gasteiger partial charge in [0.05, 0.1) is 5.69 Å². The number of imidazole rings is 1. The fourth-order valence-corrected chi connectivity index (χ4v) is 1.14. The van der Waals surface area contributed by atoms with Crippen LogP contribution in [0.1, 0.15) is 25.5 Å². The smallest absolute Gasteiger partial charge is 0.153 e. The minimum absolute atomic E-state index is 0.469. The number of hydrogen-bond acceptors (Lipinski definition) is 2. The molecule has 0 saturated carbocycles. The van der Waals surface area contributed by atoms with Crippen LogP contribution in [0.25, 0.3) is 5.65 Å². The van der Waals surface area contributed by atoms with Crippen molar-refractivity contribution in [2.45, 2.75) is 19.8 Å². The summed E-state index contributed by atoms with van der Waals surface area (Å²) in [6.07, 6.45) is 3.62. The Labute approximate surface area is 71.1 Å². The molecule has 0 aliphatic carbocycles. The lowest BCUT2D eigenvalue weighted by Crippen LogP contribution is -1.98. The Bertz CT molecular complexity index is 389. The van der Waals surface area contributed by atoms with E-state index in [1.165, 1.54) is 0 Å². The predicted octanol–water partition coefficient (Wildman–Crippen LogP) is 1.85. The molecule has 2 rings (SSSR count). The van der Waals surface area contributed by atoms with E-state index in [0.717, 1.165) is 11.3 Å². The molecule has 0 radical (unpaired) electrons. The topological polar surface area (TPSA) is 30.2 Å². The zero-order valence-electron chi connectivity index (χ0n) is 7.23. The number of rotatable bonds is 1. The largest absolute Gasteiger partial charge is 0.236 e. The molecular weight excluding hydrogens is 150 g/mol. The molecule has 2 heterocycles. The zero-order chi connectivity index (χ0) is 8.55. The molecule has 0 amide bonds. The van der Waals surface area contributed by atoms with Gasteiger partial charge in [-0.1, -0.05) is 13.8 Å². The van der Waals surface area contributed by atoms with Gasteiger partial charge >= 0.3 is 0 Å². The van der Waals surface area contributed by atoms with Gasteiger partial charge < -0.3 is 0 Å². The summed E-state index contributed by atoms with van der Waals surface area (Å²) in [5, 5.41) is 4.39. The second-order valence-electron chi connectivity index (χ2n) is 3.14. The normalized spacial score (nSPS) is 11.2. The van der Waals surface area contributed by atoms with E-state index in [4.69, 9.17) is 0 Å². The molecule has 3 nitrogen and oxygen atoms in total. The lowest BCUT2D eigenvalue weighted by molar-refractivity contribution is 0.764. The predicted molar refractivity (Wildman–Crippen MR) is 47.1 cm³/mol. The van der Waals surface area contributed by atoms with Gasteiger partial charge in [0.25, 0.3) is 0 Å². The summed E-state index contributed by atoms with van der Waals surface area (Å²) in [7, 11) is 0. The van der Waals surface area contributed by atoms with E-state index in [0.29, 0.717) is 5.92 Å². The Morgan fingerprint density at radius 3 is 2.92 bits per heavy atom. The maximum atomic E-state index is 4.39. The fraction of sp³-hybridized carbons (Fsp3) is 0.333. The van der Waals surface area contributed by atoms with E-state index in [1.54, 1.807) is 10.7 Å². The lowest BCUT2D eigenvalue weighted by atomic mass is 10.1. The monoisotopic (exact) mass is 161 g/mol. The second-order valence-corrected chi connectivity index (χ2v) is 3.14. The molecule has 2 aromatic rings. The number of aromatic nitrogens is 3. The SMILES string of the molecule is CC(C)c1ccc2nccn2n1. The highest BCUT2D eigenvalue weighted by Crippen LogP contribution is 2.10. The van der Waals surface area contributed by atoms with Crippen molar-refractivity contribution in [3.05, 3.63) is 30.2 Å². The quantitative estimate of drug-likeness (QED) is 0.639. The van der Waals surface area contributed by atoms with Gasteiger partial charge in [-0.05, 0) is 18.1 Å². The lowest BCUT2D eigenvalue weighted by Gasteiger charge is -2.02. The Hall–Kier alpha value is -1.38. The summed E-state index contributed by atoms with van der Waals surface area (Å²) in [6.45, 7) is 4.26. The first-order valence-electron chi connectivity index (χ1n) is 4.07. The van der Waals surface area contributed by atoms with Crippen molar-refractivity contribution in [2.75, 3.05) is 0 Å². The van der Waals surface area contributed by atoms with Gasteiger partial charge in [-0.3, -0.25) is 0 Å². The Morgan fingerprint density at radius 1 is 1.33 bits per heavy atom. The van der Waals surface area contributed by atoms with E-state index < -0.39 is 0 Å². The molecule has 0 N–H and O–H groups in total. The van der Waals surface area contributed by atoms with E-state index >= 15 is 0 Å². The van der Waals surface area contributed by atoms with E-state index in [2.05, 4.69) is 23.9 Å². The maximum Gasteiger partial charge on any atom is 0.153 e. The minimum atomic E-state index is 0.469. The van der Waals surface area contributed by atoms with Crippen LogP contribution in [0.15, 0.2) is 24.5 Å². The van der Waals surface area contributed by atoms with E-state index in [-0.39, 0.29) is 0 Å². The first-order chi connectivity index (χ1) is 5.77. The molecule has 0 aliphatic rings. The van der Waals surface area contributed by atoms with Gasteiger partial charge in [0, 0.05) is 12.4 Å². The highest BCUT2D eigenvalue weighted by molar-refractivity contribution is 5.36. The van der Waals surface area contributed by atoms with Gasteiger partial charge in [0.15, 0.2) is 5.65 Å². The van der Waals surface area contributed by atoms with Crippen LogP contribution < -0.4 is 0 Å². The van der Waals surface area contributed by atoms with Crippen LogP contribution in [0.5, 0.6) is 0 Å². The van der Waals surface area contributed by atoms with Crippen LogP contribution in [0.4, 0.5) is 0 Å². The van der Waals surface area contributed by atoms with Crippen molar-refractivity contribution in [2.24, 2.45) is 0 Å².